The number of hydrogen-bond acceptors (Lipinski definition) is 2. The summed E-state index contributed by atoms with van der Waals surface area (Å²) in [6.45, 7) is 3.95. The second-order valence-electron chi connectivity index (χ2n) is 4.90. The average molecular weight is 301 g/mol. The van der Waals surface area contributed by atoms with E-state index in [1.165, 1.54) is 0 Å². The van der Waals surface area contributed by atoms with E-state index in [9.17, 15) is 4.79 Å². The van der Waals surface area contributed by atoms with Crippen LogP contribution < -0.4 is 4.90 Å². The van der Waals surface area contributed by atoms with E-state index < -0.39 is 0 Å². The Labute approximate surface area is 129 Å². The van der Waals surface area contributed by atoms with Gasteiger partial charge in [0.05, 0.1) is 11.9 Å². The van der Waals surface area contributed by atoms with Gasteiger partial charge in [-0.05, 0) is 49.8 Å². The zero-order valence-corrected chi connectivity index (χ0v) is 12.8. The minimum Gasteiger partial charge on any atom is -0.305 e. The number of benzene rings is 1. The van der Waals surface area contributed by atoms with Crippen LogP contribution in [0.4, 0.5) is 5.69 Å². The van der Waals surface area contributed by atoms with Crippen LogP contribution >= 0.6 is 11.6 Å². The molecular weight excluding hydrogens is 284 g/mol. The van der Waals surface area contributed by atoms with Crippen LogP contribution in [0.3, 0.4) is 0 Å². The summed E-state index contributed by atoms with van der Waals surface area (Å²) >= 11 is 5.84. The van der Waals surface area contributed by atoms with E-state index >= 15 is 0 Å². The number of hydrogen-bond donors (Lipinski definition) is 0. The number of halogens is 1. The molecule has 2 rings (SSSR count). The van der Waals surface area contributed by atoms with E-state index in [4.69, 9.17) is 11.6 Å². The molecule has 0 radical (unpaired) electrons. The number of anilines is 1. The van der Waals surface area contributed by atoms with Gasteiger partial charge in [0, 0.05) is 23.3 Å². The second kappa shape index (κ2) is 7.04. The maximum absolute atomic E-state index is 12.4. The number of rotatable bonds is 4. The lowest BCUT2D eigenvalue weighted by Crippen LogP contribution is -2.35. The molecular formula is C17H17ClN2O. The van der Waals surface area contributed by atoms with Gasteiger partial charge in [-0.15, -0.1) is 0 Å². The van der Waals surface area contributed by atoms with E-state index in [2.05, 4.69) is 4.98 Å². The Bertz CT molecular complexity index is 621. The first-order valence-corrected chi connectivity index (χ1v) is 7.12. The SMILES string of the molecule is CC(C)N(C(=O)/C=C/c1ccc(Cl)cc1)c1cccnc1. The average Bonchev–Trinajstić information content (AvgIpc) is 2.47. The van der Waals surface area contributed by atoms with Crippen LogP contribution in [-0.2, 0) is 4.79 Å². The molecule has 0 unspecified atom stereocenters. The predicted octanol–water partition coefficient (Wildman–Crippen LogP) is 4.19. The van der Waals surface area contributed by atoms with Gasteiger partial charge < -0.3 is 4.90 Å². The highest BCUT2D eigenvalue weighted by molar-refractivity contribution is 6.30. The normalized spacial score (nSPS) is 11.0. The standard InChI is InChI=1S/C17H17ClN2O/c1-13(2)20(16-4-3-11-19-12-16)17(21)10-7-14-5-8-15(18)9-6-14/h3-13H,1-2H3/b10-7+. The van der Waals surface area contributed by atoms with Crippen LogP contribution in [-0.4, -0.2) is 16.9 Å². The van der Waals surface area contributed by atoms with Crippen molar-refractivity contribution in [3.63, 3.8) is 0 Å². The number of pyridine rings is 1. The van der Waals surface area contributed by atoms with E-state index in [-0.39, 0.29) is 11.9 Å². The smallest absolute Gasteiger partial charge is 0.251 e. The Morgan fingerprint density at radius 2 is 1.95 bits per heavy atom. The highest BCUT2D eigenvalue weighted by atomic mass is 35.5. The quantitative estimate of drug-likeness (QED) is 0.793. The van der Waals surface area contributed by atoms with Crippen molar-refractivity contribution in [1.82, 2.24) is 4.98 Å². The topological polar surface area (TPSA) is 33.2 Å². The van der Waals surface area contributed by atoms with Crippen molar-refractivity contribution in [3.05, 3.63) is 65.5 Å². The third-order valence-corrected chi connectivity index (χ3v) is 3.22. The van der Waals surface area contributed by atoms with Crippen molar-refractivity contribution in [2.75, 3.05) is 4.90 Å². The first kappa shape index (κ1) is 15.3. The van der Waals surface area contributed by atoms with Gasteiger partial charge in [0.25, 0.3) is 5.91 Å². The molecule has 0 saturated carbocycles. The maximum Gasteiger partial charge on any atom is 0.251 e. The van der Waals surface area contributed by atoms with Crippen molar-refractivity contribution in [1.29, 1.82) is 0 Å². The van der Waals surface area contributed by atoms with Crippen LogP contribution in [0.1, 0.15) is 19.4 Å². The Kier molecular flexibility index (Phi) is 5.12. The number of nitrogens with zero attached hydrogens (tertiary/aromatic N) is 2. The van der Waals surface area contributed by atoms with Gasteiger partial charge in [-0.3, -0.25) is 9.78 Å². The summed E-state index contributed by atoms with van der Waals surface area (Å²) in [5, 5.41) is 0.678. The van der Waals surface area contributed by atoms with Gasteiger partial charge in [0.1, 0.15) is 0 Å². The van der Waals surface area contributed by atoms with Crippen LogP contribution in [0.15, 0.2) is 54.9 Å². The van der Waals surface area contributed by atoms with Gasteiger partial charge in [-0.25, -0.2) is 0 Å². The molecule has 0 N–H and O–H groups in total. The second-order valence-corrected chi connectivity index (χ2v) is 5.33. The molecule has 1 heterocycles. The lowest BCUT2D eigenvalue weighted by atomic mass is 10.2. The molecule has 108 valence electrons. The molecule has 0 aliphatic rings. The van der Waals surface area contributed by atoms with Gasteiger partial charge in [0.2, 0.25) is 0 Å². The molecule has 0 bridgehead atoms. The highest BCUT2D eigenvalue weighted by Crippen LogP contribution is 2.17. The molecule has 0 fully saturated rings. The zero-order chi connectivity index (χ0) is 15.2. The fraction of sp³-hybridized carbons (Fsp3) is 0.176. The van der Waals surface area contributed by atoms with Crippen molar-refractivity contribution in [2.45, 2.75) is 19.9 Å². The molecule has 1 amide bonds. The first-order chi connectivity index (χ1) is 10.1. The van der Waals surface area contributed by atoms with Gasteiger partial charge in [0.15, 0.2) is 0 Å². The molecule has 3 nitrogen and oxygen atoms in total. The zero-order valence-electron chi connectivity index (χ0n) is 12.0. The Balaban J connectivity index is 2.18. The third kappa shape index (κ3) is 4.17. The molecule has 0 spiro atoms. The molecule has 0 saturated heterocycles. The number of carbonyl (C=O) groups is 1. The molecule has 0 aliphatic carbocycles. The lowest BCUT2D eigenvalue weighted by Gasteiger charge is -2.25. The minimum absolute atomic E-state index is 0.0524. The van der Waals surface area contributed by atoms with Crippen molar-refractivity contribution in [3.8, 4) is 0 Å². The summed E-state index contributed by atoms with van der Waals surface area (Å²) in [6.07, 6.45) is 6.73. The summed E-state index contributed by atoms with van der Waals surface area (Å²) in [6, 6.07) is 11.1. The van der Waals surface area contributed by atoms with Crippen LogP contribution in [0.2, 0.25) is 5.02 Å². The molecule has 2 aromatic rings. The Hall–Kier alpha value is -2.13. The molecule has 1 aromatic heterocycles. The molecule has 0 atom stereocenters. The molecule has 4 heteroatoms. The number of amides is 1. The van der Waals surface area contributed by atoms with Gasteiger partial charge >= 0.3 is 0 Å². The first-order valence-electron chi connectivity index (χ1n) is 6.75. The monoisotopic (exact) mass is 300 g/mol. The third-order valence-electron chi connectivity index (χ3n) is 2.97. The largest absolute Gasteiger partial charge is 0.305 e. The van der Waals surface area contributed by atoms with Crippen LogP contribution in [0.5, 0.6) is 0 Å². The van der Waals surface area contributed by atoms with E-state index in [0.717, 1.165) is 11.3 Å². The van der Waals surface area contributed by atoms with Crippen molar-refractivity contribution >= 4 is 29.3 Å². The van der Waals surface area contributed by atoms with Crippen molar-refractivity contribution in [2.24, 2.45) is 0 Å². The summed E-state index contributed by atoms with van der Waals surface area (Å²) in [5.74, 6) is -0.0760. The molecule has 1 aromatic carbocycles. The molecule has 21 heavy (non-hydrogen) atoms. The number of aromatic nitrogens is 1. The summed E-state index contributed by atoms with van der Waals surface area (Å²) < 4.78 is 0. The molecule has 0 aliphatic heterocycles. The fourth-order valence-corrected chi connectivity index (χ4v) is 2.12. The predicted molar refractivity (Wildman–Crippen MR) is 87.3 cm³/mol. The summed E-state index contributed by atoms with van der Waals surface area (Å²) in [5.41, 5.74) is 1.72. The highest BCUT2D eigenvalue weighted by Gasteiger charge is 2.16. The lowest BCUT2D eigenvalue weighted by molar-refractivity contribution is -0.114. The van der Waals surface area contributed by atoms with E-state index in [0.29, 0.717) is 5.02 Å². The van der Waals surface area contributed by atoms with Gasteiger partial charge in [-0.2, -0.15) is 0 Å². The fourth-order valence-electron chi connectivity index (χ4n) is 2.00. The number of carbonyl (C=O) groups excluding carboxylic acids is 1. The van der Waals surface area contributed by atoms with Crippen LogP contribution in [0, 0.1) is 0 Å². The minimum atomic E-state index is -0.0760. The van der Waals surface area contributed by atoms with Gasteiger partial charge in [-0.1, -0.05) is 23.7 Å². The Morgan fingerprint density at radius 3 is 2.52 bits per heavy atom. The van der Waals surface area contributed by atoms with E-state index in [1.807, 2.05) is 38.1 Å². The van der Waals surface area contributed by atoms with Crippen molar-refractivity contribution < 1.29 is 4.79 Å². The van der Waals surface area contributed by atoms with E-state index in [1.54, 1.807) is 41.6 Å². The Morgan fingerprint density at radius 1 is 1.24 bits per heavy atom. The summed E-state index contributed by atoms with van der Waals surface area (Å²) in [4.78, 5) is 18.2. The maximum atomic E-state index is 12.4. The van der Waals surface area contributed by atoms with Crippen LogP contribution in [0.25, 0.3) is 6.08 Å². The summed E-state index contributed by atoms with van der Waals surface area (Å²) in [7, 11) is 0.